The molecule has 0 spiro atoms. The Labute approximate surface area is 115 Å². The molecule has 0 bridgehead atoms. The molecule has 2 amide bonds. The first-order valence-corrected chi connectivity index (χ1v) is 7.03. The molecule has 1 rings (SSSR count). The van der Waals surface area contributed by atoms with Crippen LogP contribution in [0.25, 0.3) is 0 Å². The molecule has 2 atom stereocenters. The summed E-state index contributed by atoms with van der Waals surface area (Å²) in [7, 11) is 0. The zero-order valence-corrected chi connectivity index (χ0v) is 12.4. The van der Waals surface area contributed by atoms with Gasteiger partial charge in [0.15, 0.2) is 0 Å². The molecular weight excluding hydrogens is 244 g/mol. The molecule has 0 radical (unpaired) electrons. The van der Waals surface area contributed by atoms with E-state index < -0.39 is 5.54 Å². The molecule has 0 aliphatic carbocycles. The number of nitrogens with one attached hydrogen (secondary N) is 1. The van der Waals surface area contributed by atoms with Crippen LogP contribution in [0.15, 0.2) is 0 Å². The Morgan fingerprint density at radius 1 is 1.58 bits per heavy atom. The van der Waals surface area contributed by atoms with E-state index in [1.54, 1.807) is 18.7 Å². The highest BCUT2D eigenvalue weighted by molar-refractivity contribution is 5.89. The number of aliphatic hydroxyl groups excluding tert-OH is 1. The number of carbonyl (C=O) groups excluding carboxylic acids is 2. The lowest BCUT2D eigenvalue weighted by molar-refractivity contribution is -0.130. The highest BCUT2D eigenvalue weighted by atomic mass is 16.3. The summed E-state index contributed by atoms with van der Waals surface area (Å²) in [5.41, 5.74) is -0.636. The van der Waals surface area contributed by atoms with Gasteiger partial charge in [-0.25, -0.2) is 0 Å². The normalized spacial score (nSPS) is 21.6. The van der Waals surface area contributed by atoms with Gasteiger partial charge in [-0.15, -0.1) is 0 Å². The third-order valence-electron chi connectivity index (χ3n) is 3.62. The summed E-state index contributed by atoms with van der Waals surface area (Å²) in [5.74, 6) is -0.376. The molecule has 0 aromatic rings. The lowest BCUT2D eigenvalue weighted by Gasteiger charge is -2.26. The summed E-state index contributed by atoms with van der Waals surface area (Å²) in [4.78, 5) is 25.8. The van der Waals surface area contributed by atoms with Crippen molar-refractivity contribution in [3.8, 4) is 0 Å². The SMILES string of the molecule is CCCC(C)N1CC(C(=O)NC(C)(C)CO)CC1=O. The summed E-state index contributed by atoms with van der Waals surface area (Å²) in [5, 5.41) is 11.9. The van der Waals surface area contributed by atoms with Crippen molar-refractivity contribution < 1.29 is 14.7 Å². The number of rotatable bonds is 6. The second-order valence-corrected chi connectivity index (χ2v) is 6.12. The maximum Gasteiger partial charge on any atom is 0.225 e. The zero-order chi connectivity index (χ0) is 14.6. The van der Waals surface area contributed by atoms with E-state index in [1.165, 1.54) is 0 Å². The first-order valence-electron chi connectivity index (χ1n) is 7.03. The van der Waals surface area contributed by atoms with Crippen LogP contribution < -0.4 is 5.32 Å². The molecule has 110 valence electrons. The van der Waals surface area contributed by atoms with E-state index >= 15 is 0 Å². The van der Waals surface area contributed by atoms with Gasteiger partial charge in [0.2, 0.25) is 11.8 Å². The van der Waals surface area contributed by atoms with Gasteiger partial charge in [0.25, 0.3) is 0 Å². The number of nitrogens with zero attached hydrogens (tertiary/aromatic N) is 1. The molecule has 5 nitrogen and oxygen atoms in total. The van der Waals surface area contributed by atoms with Gasteiger partial charge < -0.3 is 15.3 Å². The van der Waals surface area contributed by atoms with Gasteiger partial charge in [-0.2, -0.15) is 0 Å². The van der Waals surface area contributed by atoms with Crippen molar-refractivity contribution in [3.05, 3.63) is 0 Å². The molecular formula is C14H26N2O3. The van der Waals surface area contributed by atoms with Crippen LogP contribution in [0.3, 0.4) is 0 Å². The number of aliphatic hydroxyl groups is 1. The lowest BCUT2D eigenvalue weighted by atomic mass is 10.0. The van der Waals surface area contributed by atoms with E-state index in [0.717, 1.165) is 12.8 Å². The fourth-order valence-electron chi connectivity index (χ4n) is 2.38. The quantitative estimate of drug-likeness (QED) is 0.754. The number of likely N-dealkylation sites (tertiary alicyclic amines) is 1. The molecule has 0 saturated carbocycles. The number of hydrogen-bond donors (Lipinski definition) is 2. The highest BCUT2D eigenvalue weighted by Gasteiger charge is 2.37. The molecule has 1 heterocycles. The van der Waals surface area contributed by atoms with Crippen molar-refractivity contribution in [2.45, 2.75) is 58.5 Å². The van der Waals surface area contributed by atoms with Gasteiger partial charge in [-0.3, -0.25) is 9.59 Å². The Morgan fingerprint density at radius 3 is 2.74 bits per heavy atom. The number of hydrogen-bond acceptors (Lipinski definition) is 3. The largest absolute Gasteiger partial charge is 0.394 e. The topological polar surface area (TPSA) is 69.6 Å². The monoisotopic (exact) mass is 270 g/mol. The van der Waals surface area contributed by atoms with E-state index in [-0.39, 0.29) is 36.8 Å². The third-order valence-corrected chi connectivity index (χ3v) is 3.62. The van der Waals surface area contributed by atoms with Gasteiger partial charge in [0.05, 0.1) is 18.1 Å². The summed E-state index contributed by atoms with van der Waals surface area (Å²) < 4.78 is 0. The molecule has 2 N–H and O–H groups in total. The Morgan fingerprint density at radius 2 is 2.21 bits per heavy atom. The Balaban J connectivity index is 2.59. The van der Waals surface area contributed by atoms with Crippen molar-refractivity contribution in [1.29, 1.82) is 0 Å². The molecule has 2 unspecified atom stereocenters. The van der Waals surface area contributed by atoms with Gasteiger partial charge in [-0.1, -0.05) is 13.3 Å². The molecule has 1 aliphatic rings. The van der Waals surface area contributed by atoms with Crippen molar-refractivity contribution in [2.75, 3.05) is 13.2 Å². The van der Waals surface area contributed by atoms with Crippen LogP contribution in [0, 0.1) is 5.92 Å². The van der Waals surface area contributed by atoms with Crippen LogP contribution >= 0.6 is 0 Å². The minimum absolute atomic E-state index is 0.0582. The van der Waals surface area contributed by atoms with Gasteiger partial charge >= 0.3 is 0 Å². The predicted octanol–water partition coefficient (Wildman–Crippen LogP) is 0.911. The average molecular weight is 270 g/mol. The first kappa shape index (κ1) is 16.0. The van der Waals surface area contributed by atoms with E-state index in [4.69, 9.17) is 5.11 Å². The van der Waals surface area contributed by atoms with Crippen molar-refractivity contribution in [3.63, 3.8) is 0 Å². The van der Waals surface area contributed by atoms with Gasteiger partial charge in [0.1, 0.15) is 0 Å². The van der Waals surface area contributed by atoms with Crippen LogP contribution in [0.5, 0.6) is 0 Å². The molecule has 0 aromatic carbocycles. The summed E-state index contributed by atoms with van der Waals surface area (Å²) in [6.45, 7) is 8.02. The molecule has 1 saturated heterocycles. The standard InChI is InChI=1S/C14H26N2O3/c1-5-6-10(2)16-8-11(7-12(16)18)13(19)15-14(3,4)9-17/h10-11,17H,5-9H2,1-4H3,(H,15,19). The molecule has 1 fully saturated rings. The minimum atomic E-state index is -0.636. The predicted molar refractivity (Wildman–Crippen MR) is 73.5 cm³/mol. The molecule has 5 heteroatoms. The third kappa shape index (κ3) is 4.20. The number of carbonyl (C=O) groups is 2. The van der Waals surface area contributed by atoms with E-state index in [2.05, 4.69) is 12.2 Å². The van der Waals surface area contributed by atoms with E-state index in [9.17, 15) is 9.59 Å². The Hall–Kier alpha value is -1.10. The molecule has 19 heavy (non-hydrogen) atoms. The Bertz CT molecular complexity index is 342. The smallest absolute Gasteiger partial charge is 0.225 e. The van der Waals surface area contributed by atoms with Gasteiger partial charge in [-0.05, 0) is 27.2 Å². The first-order chi connectivity index (χ1) is 8.80. The fourth-order valence-corrected chi connectivity index (χ4v) is 2.38. The second kappa shape index (κ2) is 6.37. The van der Waals surface area contributed by atoms with Crippen LogP contribution in [-0.4, -0.2) is 46.6 Å². The van der Waals surface area contributed by atoms with Crippen molar-refractivity contribution >= 4 is 11.8 Å². The van der Waals surface area contributed by atoms with Crippen molar-refractivity contribution in [1.82, 2.24) is 10.2 Å². The zero-order valence-electron chi connectivity index (χ0n) is 12.4. The second-order valence-electron chi connectivity index (χ2n) is 6.12. The average Bonchev–Trinajstić information content (AvgIpc) is 2.71. The Kier molecular flexibility index (Phi) is 5.35. The molecule has 1 aliphatic heterocycles. The van der Waals surface area contributed by atoms with Crippen LogP contribution in [-0.2, 0) is 9.59 Å². The van der Waals surface area contributed by atoms with Crippen LogP contribution in [0.2, 0.25) is 0 Å². The van der Waals surface area contributed by atoms with Crippen molar-refractivity contribution in [2.24, 2.45) is 5.92 Å². The maximum absolute atomic E-state index is 12.1. The summed E-state index contributed by atoms with van der Waals surface area (Å²) >= 11 is 0. The maximum atomic E-state index is 12.1. The fraction of sp³-hybridized carbons (Fsp3) is 0.857. The van der Waals surface area contributed by atoms with Crippen LogP contribution in [0.1, 0.15) is 47.0 Å². The van der Waals surface area contributed by atoms with Gasteiger partial charge in [0, 0.05) is 19.0 Å². The highest BCUT2D eigenvalue weighted by Crippen LogP contribution is 2.22. The van der Waals surface area contributed by atoms with E-state index in [0.29, 0.717) is 6.54 Å². The number of amides is 2. The minimum Gasteiger partial charge on any atom is -0.394 e. The lowest BCUT2D eigenvalue weighted by Crippen LogP contribution is -2.49. The van der Waals surface area contributed by atoms with Crippen LogP contribution in [0.4, 0.5) is 0 Å². The van der Waals surface area contributed by atoms with E-state index in [1.807, 2.05) is 6.92 Å². The summed E-state index contributed by atoms with van der Waals surface area (Å²) in [6, 6.07) is 0.196. The summed E-state index contributed by atoms with van der Waals surface area (Å²) in [6.07, 6.45) is 2.27. The molecule has 0 aromatic heterocycles.